The van der Waals surface area contributed by atoms with Crippen LogP contribution in [0.5, 0.6) is 0 Å². The quantitative estimate of drug-likeness (QED) is 0.527. The maximum absolute atomic E-state index is 14.2. The van der Waals surface area contributed by atoms with Gasteiger partial charge in [-0.25, -0.2) is 22.0 Å². The molecule has 1 saturated heterocycles. The Morgan fingerprint density at radius 3 is 2.21 bits per heavy atom. The number of sulfonamides is 1. The first-order valence-corrected chi connectivity index (χ1v) is 10.5. The van der Waals surface area contributed by atoms with E-state index in [1.54, 1.807) is 0 Å². The average molecular weight is 423 g/mol. The largest absolute Gasteiger partial charge is 0.454 e. The molecule has 154 valence electrons. The molecular weight excluding hydrogens is 404 g/mol. The van der Waals surface area contributed by atoms with Gasteiger partial charge < -0.3 is 4.74 Å². The van der Waals surface area contributed by atoms with Crippen molar-refractivity contribution in [3.8, 4) is 0 Å². The second-order valence-electron chi connectivity index (χ2n) is 6.62. The monoisotopic (exact) mass is 423 g/mol. The van der Waals surface area contributed by atoms with Crippen molar-refractivity contribution < 1.29 is 31.5 Å². The molecule has 0 atom stereocenters. The summed E-state index contributed by atoms with van der Waals surface area (Å²) in [6, 6.07) is 7.62. The summed E-state index contributed by atoms with van der Waals surface area (Å²) in [5, 5.41) is 0. The van der Waals surface area contributed by atoms with Crippen LogP contribution in [0.25, 0.3) is 0 Å². The van der Waals surface area contributed by atoms with E-state index in [9.17, 15) is 26.8 Å². The Kier molecular flexibility index (Phi) is 6.39. The molecule has 0 amide bonds. The molecule has 29 heavy (non-hydrogen) atoms. The molecular formula is C20H19F2NO5S. The molecule has 2 aromatic carbocycles. The first kappa shape index (κ1) is 21.1. The SMILES string of the molecule is O=C(COC(=O)c1ccc(F)c(S(=O)(=O)N2CCCCC2)c1)c1ccc(F)cc1. The summed E-state index contributed by atoms with van der Waals surface area (Å²) in [5.41, 5.74) is -0.0273. The number of carbonyl (C=O) groups is 2. The van der Waals surface area contributed by atoms with Crippen molar-refractivity contribution in [2.75, 3.05) is 19.7 Å². The van der Waals surface area contributed by atoms with E-state index in [0.29, 0.717) is 25.9 Å². The van der Waals surface area contributed by atoms with Crippen molar-refractivity contribution >= 4 is 21.8 Å². The molecule has 3 rings (SSSR count). The van der Waals surface area contributed by atoms with Gasteiger partial charge in [-0.15, -0.1) is 0 Å². The fourth-order valence-corrected chi connectivity index (χ4v) is 4.61. The molecule has 1 fully saturated rings. The van der Waals surface area contributed by atoms with Gasteiger partial charge in [0, 0.05) is 18.7 Å². The van der Waals surface area contributed by atoms with E-state index < -0.39 is 44.9 Å². The number of esters is 1. The number of nitrogens with zero attached hydrogens (tertiary/aromatic N) is 1. The van der Waals surface area contributed by atoms with Gasteiger partial charge in [-0.05, 0) is 55.3 Å². The second kappa shape index (κ2) is 8.79. The van der Waals surface area contributed by atoms with Crippen LogP contribution in [0.4, 0.5) is 8.78 Å². The third-order valence-electron chi connectivity index (χ3n) is 4.60. The van der Waals surface area contributed by atoms with Gasteiger partial charge in [0.25, 0.3) is 0 Å². The van der Waals surface area contributed by atoms with Gasteiger partial charge in [0.15, 0.2) is 12.4 Å². The molecule has 1 heterocycles. The summed E-state index contributed by atoms with van der Waals surface area (Å²) in [4.78, 5) is 23.7. The Balaban J connectivity index is 1.73. The van der Waals surface area contributed by atoms with Crippen molar-refractivity contribution in [2.45, 2.75) is 24.2 Å². The number of ketones is 1. The van der Waals surface area contributed by atoms with E-state index in [2.05, 4.69) is 0 Å². The first-order valence-electron chi connectivity index (χ1n) is 9.04. The van der Waals surface area contributed by atoms with Crippen LogP contribution in [0.1, 0.15) is 40.0 Å². The van der Waals surface area contributed by atoms with Crippen molar-refractivity contribution in [1.82, 2.24) is 4.31 Å². The van der Waals surface area contributed by atoms with Crippen LogP contribution in [0.15, 0.2) is 47.4 Å². The van der Waals surface area contributed by atoms with Crippen LogP contribution < -0.4 is 0 Å². The number of piperidine rings is 1. The lowest BCUT2D eigenvalue weighted by atomic mass is 10.1. The van der Waals surface area contributed by atoms with Crippen molar-refractivity contribution in [2.24, 2.45) is 0 Å². The number of halogens is 2. The smallest absolute Gasteiger partial charge is 0.338 e. The minimum Gasteiger partial charge on any atom is -0.454 e. The lowest BCUT2D eigenvalue weighted by Crippen LogP contribution is -2.36. The van der Waals surface area contributed by atoms with Crippen molar-refractivity contribution in [3.63, 3.8) is 0 Å². The molecule has 0 radical (unpaired) electrons. The first-order chi connectivity index (χ1) is 13.8. The van der Waals surface area contributed by atoms with Crippen molar-refractivity contribution in [3.05, 3.63) is 65.2 Å². The van der Waals surface area contributed by atoms with Gasteiger partial charge in [0.2, 0.25) is 10.0 Å². The molecule has 0 aliphatic carbocycles. The molecule has 0 unspecified atom stereocenters. The van der Waals surface area contributed by atoms with Crippen LogP contribution in [0.2, 0.25) is 0 Å². The minimum atomic E-state index is -4.08. The molecule has 0 N–H and O–H groups in total. The zero-order chi connectivity index (χ0) is 21.0. The molecule has 0 bridgehead atoms. The summed E-state index contributed by atoms with van der Waals surface area (Å²) in [5.74, 6) is -2.99. The third kappa shape index (κ3) is 4.86. The summed E-state index contributed by atoms with van der Waals surface area (Å²) in [6.07, 6.45) is 2.28. The lowest BCUT2D eigenvalue weighted by Gasteiger charge is -2.26. The number of ether oxygens (including phenoxy) is 1. The van der Waals surface area contributed by atoms with E-state index in [0.717, 1.165) is 36.8 Å². The number of carbonyl (C=O) groups excluding carboxylic acids is 2. The van der Waals surface area contributed by atoms with Crippen LogP contribution >= 0.6 is 0 Å². The minimum absolute atomic E-state index is 0.159. The predicted octanol–water partition coefficient (Wildman–Crippen LogP) is 3.18. The van der Waals surface area contributed by atoms with Gasteiger partial charge in [-0.3, -0.25) is 4.79 Å². The predicted molar refractivity (Wildman–Crippen MR) is 100 cm³/mol. The molecule has 1 aliphatic heterocycles. The molecule has 0 saturated carbocycles. The topological polar surface area (TPSA) is 80.8 Å². The molecule has 6 nitrogen and oxygen atoms in total. The lowest BCUT2D eigenvalue weighted by molar-refractivity contribution is 0.0474. The third-order valence-corrected chi connectivity index (χ3v) is 6.51. The number of Topliss-reactive ketones (excluding diaryl/α,β-unsaturated/α-hetero) is 1. The standard InChI is InChI=1S/C20H19F2NO5S/c21-16-7-4-14(5-8-16)18(24)13-28-20(25)15-6-9-17(22)19(12-15)29(26,27)23-10-2-1-3-11-23/h4-9,12H,1-3,10-11,13H2. The molecule has 2 aromatic rings. The Labute approximate surface area is 167 Å². The van der Waals surface area contributed by atoms with Crippen LogP contribution in [0.3, 0.4) is 0 Å². The molecule has 1 aliphatic rings. The highest BCUT2D eigenvalue weighted by Crippen LogP contribution is 2.24. The Morgan fingerprint density at radius 2 is 1.55 bits per heavy atom. The highest BCUT2D eigenvalue weighted by Gasteiger charge is 2.29. The number of hydrogen-bond donors (Lipinski definition) is 0. The van der Waals surface area contributed by atoms with Crippen LogP contribution in [-0.4, -0.2) is 44.2 Å². The highest BCUT2D eigenvalue weighted by atomic mass is 32.2. The zero-order valence-electron chi connectivity index (χ0n) is 15.4. The summed E-state index contributed by atoms with van der Waals surface area (Å²) >= 11 is 0. The van der Waals surface area contributed by atoms with Gasteiger partial charge >= 0.3 is 5.97 Å². The number of hydrogen-bond acceptors (Lipinski definition) is 5. The highest BCUT2D eigenvalue weighted by molar-refractivity contribution is 7.89. The van der Waals surface area contributed by atoms with E-state index in [1.165, 1.54) is 16.4 Å². The number of benzene rings is 2. The second-order valence-corrected chi connectivity index (χ2v) is 8.52. The van der Waals surface area contributed by atoms with E-state index in [-0.39, 0.29) is 11.1 Å². The zero-order valence-corrected chi connectivity index (χ0v) is 16.3. The molecule has 0 aromatic heterocycles. The summed E-state index contributed by atoms with van der Waals surface area (Å²) in [6.45, 7) is -0.0265. The fourth-order valence-electron chi connectivity index (χ4n) is 3.01. The Morgan fingerprint density at radius 1 is 0.931 bits per heavy atom. The summed E-state index contributed by atoms with van der Waals surface area (Å²) in [7, 11) is -4.08. The van der Waals surface area contributed by atoms with E-state index in [4.69, 9.17) is 4.74 Å². The molecule has 0 spiro atoms. The summed E-state index contributed by atoms with van der Waals surface area (Å²) < 4.78 is 58.6. The maximum Gasteiger partial charge on any atom is 0.338 e. The van der Waals surface area contributed by atoms with Crippen LogP contribution in [-0.2, 0) is 14.8 Å². The fraction of sp³-hybridized carbons (Fsp3) is 0.300. The van der Waals surface area contributed by atoms with Gasteiger partial charge in [-0.2, -0.15) is 4.31 Å². The molecule has 9 heteroatoms. The van der Waals surface area contributed by atoms with Gasteiger partial charge in [0.05, 0.1) is 5.56 Å². The Hall–Kier alpha value is -2.65. The Bertz CT molecular complexity index is 1020. The number of rotatable bonds is 6. The van der Waals surface area contributed by atoms with Gasteiger partial charge in [0.1, 0.15) is 16.5 Å². The van der Waals surface area contributed by atoms with E-state index >= 15 is 0 Å². The average Bonchev–Trinajstić information content (AvgIpc) is 2.73. The van der Waals surface area contributed by atoms with Crippen LogP contribution in [0, 0.1) is 11.6 Å². The van der Waals surface area contributed by atoms with E-state index in [1.807, 2.05) is 0 Å². The normalized spacial score (nSPS) is 15.1. The van der Waals surface area contributed by atoms with Gasteiger partial charge in [-0.1, -0.05) is 6.42 Å². The maximum atomic E-state index is 14.2. The van der Waals surface area contributed by atoms with Crippen molar-refractivity contribution in [1.29, 1.82) is 0 Å².